The van der Waals surface area contributed by atoms with Crippen LogP contribution in [-0.2, 0) is 13.0 Å². The molecule has 0 saturated carbocycles. The third kappa shape index (κ3) is 3.03. The number of hydrogen-bond donors (Lipinski definition) is 1. The molecule has 1 N–H and O–H groups in total. The molecule has 0 aromatic carbocycles. The van der Waals surface area contributed by atoms with E-state index in [9.17, 15) is 0 Å². The first-order valence-corrected chi connectivity index (χ1v) is 6.94. The van der Waals surface area contributed by atoms with Gasteiger partial charge in [-0.05, 0) is 32.5 Å². The highest BCUT2D eigenvalue weighted by molar-refractivity contribution is 7.11. The van der Waals surface area contributed by atoms with E-state index < -0.39 is 0 Å². The number of nitrogens with one attached hydrogen (secondary N) is 1. The predicted octanol–water partition coefficient (Wildman–Crippen LogP) is 1.75. The Morgan fingerprint density at radius 3 is 3.19 bits per heavy atom. The monoisotopic (exact) mass is 239 g/mol. The normalized spacial score (nSPS) is 21.8. The van der Waals surface area contributed by atoms with Crippen LogP contribution in [-0.4, -0.2) is 36.6 Å². The zero-order valence-corrected chi connectivity index (χ0v) is 11.0. The summed E-state index contributed by atoms with van der Waals surface area (Å²) in [6, 6.07) is 0. The summed E-state index contributed by atoms with van der Waals surface area (Å²) in [5, 5.41) is 4.48. The number of likely N-dealkylation sites (tertiary alicyclic amines) is 1. The van der Waals surface area contributed by atoms with Crippen LogP contribution in [0.15, 0.2) is 6.20 Å². The van der Waals surface area contributed by atoms with Crippen molar-refractivity contribution in [1.29, 1.82) is 0 Å². The lowest BCUT2D eigenvalue weighted by Crippen LogP contribution is -2.20. The van der Waals surface area contributed by atoms with Crippen molar-refractivity contribution in [2.24, 2.45) is 5.92 Å². The van der Waals surface area contributed by atoms with Crippen LogP contribution < -0.4 is 5.32 Å². The van der Waals surface area contributed by atoms with Crippen molar-refractivity contribution in [2.45, 2.75) is 26.3 Å². The van der Waals surface area contributed by atoms with Crippen molar-refractivity contribution < 1.29 is 0 Å². The van der Waals surface area contributed by atoms with Gasteiger partial charge in [-0.2, -0.15) is 0 Å². The van der Waals surface area contributed by atoms with E-state index in [1.54, 1.807) is 0 Å². The van der Waals surface area contributed by atoms with Gasteiger partial charge in [-0.3, -0.25) is 0 Å². The van der Waals surface area contributed by atoms with Crippen molar-refractivity contribution >= 4 is 11.3 Å². The van der Waals surface area contributed by atoms with Crippen molar-refractivity contribution in [3.05, 3.63) is 16.1 Å². The first-order chi connectivity index (χ1) is 7.81. The molecule has 2 heterocycles. The van der Waals surface area contributed by atoms with Crippen LogP contribution in [0.4, 0.5) is 0 Å². The second-order valence-corrected chi connectivity index (χ2v) is 5.70. The second kappa shape index (κ2) is 5.75. The van der Waals surface area contributed by atoms with Crippen molar-refractivity contribution in [3.8, 4) is 0 Å². The average Bonchev–Trinajstić information content (AvgIpc) is 2.89. The Bertz CT molecular complexity index is 324. The summed E-state index contributed by atoms with van der Waals surface area (Å²) >= 11 is 1.86. The largest absolute Gasteiger partial charge is 0.315 e. The van der Waals surface area contributed by atoms with Gasteiger partial charge in [0.05, 0.1) is 5.01 Å². The van der Waals surface area contributed by atoms with Crippen LogP contribution in [0, 0.1) is 5.92 Å². The highest BCUT2D eigenvalue weighted by Gasteiger charge is 2.22. The topological polar surface area (TPSA) is 28.2 Å². The number of hydrogen-bond acceptors (Lipinski definition) is 4. The lowest BCUT2D eigenvalue weighted by molar-refractivity contribution is 0.342. The lowest BCUT2D eigenvalue weighted by Gasteiger charge is -2.11. The van der Waals surface area contributed by atoms with E-state index in [1.165, 1.54) is 42.4 Å². The molecule has 2 rings (SSSR count). The fourth-order valence-electron chi connectivity index (χ4n) is 2.31. The van der Waals surface area contributed by atoms with Gasteiger partial charge in [0.2, 0.25) is 0 Å². The van der Waals surface area contributed by atoms with Gasteiger partial charge in [0.15, 0.2) is 0 Å². The summed E-state index contributed by atoms with van der Waals surface area (Å²) in [5.41, 5.74) is 0. The van der Waals surface area contributed by atoms with Gasteiger partial charge in [0.1, 0.15) is 0 Å². The average molecular weight is 239 g/mol. The van der Waals surface area contributed by atoms with E-state index in [1.807, 2.05) is 24.6 Å². The van der Waals surface area contributed by atoms with Crippen LogP contribution in [0.2, 0.25) is 0 Å². The minimum atomic E-state index is 0.827. The minimum Gasteiger partial charge on any atom is -0.315 e. The molecular weight excluding hydrogens is 218 g/mol. The molecule has 1 aliphatic heterocycles. The Kier molecular flexibility index (Phi) is 4.32. The third-order valence-electron chi connectivity index (χ3n) is 3.23. The molecule has 1 unspecified atom stereocenters. The van der Waals surface area contributed by atoms with Crippen molar-refractivity contribution in [1.82, 2.24) is 15.2 Å². The fourth-order valence-corrected chi connectivity index (χ4v) is 3.36. The number of rotatable bonds is 5. The minimum absolute atomic E-state index is 0.827. The van der Waals surface area contributed by atoms with Gasteiger partial charge in [0, 0.05) is 30.6 Å². The summed E-state index contributed by atoms with van der Waals surface area (Å²) in [6.45, 7) is 6.92. The van der Waals surface area contributed by atoms with Gasteiger partial charge in [-0.1, -0.05) is 6.92 Å². The summed E-state index contributed by atoms with van der Waals surface area (Å²) in [5.74, 6) is 0.827. The zero-order valence-electron chi connectivity index (χ0n) is 10.2. The van der Waals surface area contributed by atoms with Gasteiger partial charge in [-0.25, -0.2) is 4.98 Å². The van der Waals surface area contributed by atoms with Gasteiger partial charge < -0.3 is 10.2 Å². The van der Waals surface area contributed by atoms with Crippen molar-refractivity contribution in [3.63, 3.8) is 0 Å². The summed E-state index contributed by atoms with van der Waals surface area (Å²) in [6.07, 6.45) is 4.53. The number of nitrogens with zero attached hydrogens (tertiary/aromatic N) is 2. The lowest BCUT2D eigenvalue weighted by atomic mass is 10.1. The maximum Gasteiger partial charge on any atom is 0.0931 e. The highest BCUT2D eigenvalue weighted by Crippen LogP contribution is 2.23. The smallest absolute Gasteiger partial charge is 0.0931 e. The summed E-state index contributed by atoms with van der Waals surface area (Å²) in [7, 11) is 1.98. The molecule has 0 radical (unpaired) electrons. The van der Waals surface area contributed by atoms with Crippen LogP contribution in [0.1, 0.15) is 23.2 Å². The van der Waals surface area contributed by atoms with Gasteiger partial charge in [0.25, 0.3) is 0 Å². The van der Waals surface area contributed by atoms with E-state index in [-0.39, 0.29) is 0 Å². The van der Waals surface area contributed by atoms with Crippen LogP contribution in [0.25, 0.3) is 0 Å². The van der Waals surface area contributed by atoms with E-state index in [2.05, 4.69) is 22.1 Å². The van der Waals surface area contributed by atoms with Gasteiger partial charge in [-0.15, -0.1) is 11.3 Å². The Hall–Kier alpha value is -0.450. The maximum atomic E-state index is 4.51. The third-order valence-corrected chi connectivity index (χ3v) is 4.25. The molecule has 4 heteroatoms. The predicted molar refractivity (Wildman–Crippen MR) is 68.8 cm³/mol. The second-order valence-electron chi connectivity index (χ2n) is 4.50. The summed E-state index contributed by atoms with van der Waals surface area (Å²) < 4.78 is 0. The quantitative estimate of drug-likeness (QED) is 0.848. The van der Waals surface area contributed by atoms with Crippen LogP contribution in [0.5, 0.6) is 0 Å². The standard InChI is InChI=1S/C12H21N3S/c1-3-15-5-4-10(9-15)6-12-14-8-11(16-12)7-13-2/h8,10,13H,3-7,9H2,1-2H3. The summed E-state index contributed by atoms with van der Waals surface area (Å²) in [4.78, 5) is 8.39. The van der Waals surface area contributed by atoms with E-state index in [4.69, 9.17) is 0 Å². The molecule has 90 valence electrons. The molecule has 1 atom stereocenters. The molecule has 1 aromatic heterocycles. The van der Waals surface area contributed by atoms with Crippen molar-refractivity contribution in [2.75, 3.05) is 26.7 Å². The molecule has 0 spiro atoms. The molecule has 3 nitrogen and oxygen atoms in total. The van der Waals surface area contributed by atoms with E-state index in [0.717, 1.165) is 12.5 Å². The maximum absolute atomic E-state index is 4.51. The number of thiazole rings is 1. The molecule has 16 heavy (non-hydrogen) atoms. The molecule has 0 amide bonds. The van der Waals surface area contributed by atoms with E-state index >= 15 is 0 Å². The molecular formula is C12H21N3S. The Morgan fingerprint density at radius 2 is 2.50 bits per heavy atom. The first-order valence-electron chi connectivity index (χ1n) is 6.12. The Labute approximate surface area is 102 Å². The SMILES string of the molecule is CCN1CCC(Cc2ncc(CNC)s2)C1. The molecule has 1 fully saturated rings. The molecule has 0 aliphatic carbocycles. The fraction of sp³-hybridized carbons (Fsp3) is 0.750. The Morgan fingerprint density at radius 1 is 1.62 bits per heavy atom. The Balaban J connectivity index is 1.84. The number of aromatic nitrogens is 1. The molecule has 1 saturated heterocycles. The zero-order chi connectivity index (χ0) is 11.4. The highest BCUT2D eigenvalue weighted by atomic mass is 32.1. The van der Waals surface area contributed by atoms with Crippen LogP contribution >= 0.6 is 11.3 Å². The van der Waals surface area contributed by atoms with E-state index in [0.29, 0.717) is 0 Å². The van der Waals surface area contributed by atoms with Gasteiger partial charge >= 0.3 is 0 Å². The molecule has 0 bridgehead atoms. The first kappa shape index (κ1) is 12.0. The molecule has 1 aliphatic rings. The van der Waals surface area contributed by atoms with Crippen LogP contribution in [0.3, 0.4) is 0 Å². The molecule has 1 aromatic rings.